The van der Waals surface area contributed by atoms with Crippen molar-refractivity contribution in [1.29, 1.82) is 0 Å². The number of rotatable bonds is 9. The number of carbonyl (C=O) groups is 2. The molecule has 0 radical (unpaired) electrons. The Morgan fingerprint density at radius 2 is 2.16 bits per heavy atom. The number of nitrogens with zero attached hydrogens (tertiary/aromatic N) is 1. The lowest BCUT2D eigenvalue weighted by Crippen LogP contribution is -2.56. The lowest BCUT2D eigenvalue weighted by atomic mass is 9.85. The molecule has 1 aromatic carbocycles. The van der Waals surface area contributed by atoms with Gasteiger partial charge in [0.2, 0.25) is 0 Å². The number of halogens is 1. The van der Waals surface area contributed by atoms with E-state index < -0.39 is 5.97 Å². The first-order valence-corrected chi connectivity index (χ1v) is 8.36. The molecular formula is C17H24FN3O4. The zero-order chi connectivity index (χ0) is 18.2. The molecule has 0 spiro atoms. The lowest BCUT2D eigenvalue weighted by molar-refractivity contribution is -0.139. The number of carbonyl (C=O) groups excluding carboxylic acids is 1. The Kier molecular flexibility index (Phi) is 7.00. The van der Waals surface area contributed by atoms with Gasteiger partial charge in [-0.3, -0.25) is 9.69 Å². The number of carboxylic acid groups (broad SMARTS) is 1. The predicted molar refractivity (Wildman–Crippen MR) is 90.1 cm³/mol. The smallest absolute Gasteiger partial charge is 0.317 e. The first-order valence-electron chi connectivity index (χ1n) is 8.36. The van der Waals surface area contributed by atoms with E-state index in [1.165, 1.54) is 12.1 Å². The maximum Gasteiger partial charge on any atom is 0.317 e. The number of likely N-dealkylation sites (N-methyl/N-ethyl adjacent to an activating group) is 1. The maximum absolute atomic E-state index is 13.0. The Hall–Kier alpha value is -2.35. The third-order valence-corrected chi connectivity index (χ3v) is 4.16. The first-order chi connectivity index (χ1) is 12.0. The fourth-order valence-electron chi connectivity index (χ4n) is 2.80. The molecule has 0 atom stereocenters. The number of amides is 2. The second-order valence-corrected chi connectivity index (χ2v) is 5.99. The minimum Gasteiger partial charge on any atom is -0.492 e. The molecule has 1 aromatic rings. The summed E-state index contributed by atoms with van der Waals surface area (Å²) in [5, 5.41) is 14.4. The van der Waals surface area contributed by atoms with Crippen molar-refractivity contribution in [2.24, 2.45) is 0 Å². The van der Waals surface area contributed by atoms with Gasteiger partial charge < -0.3 is 20.5 Å². The van der Waals surface area contributed by atoms with Gasteiger partial charge in [-0.2, -0.15) is 0 Å². The second kappa shape index (κ2) is 9.22. The Labute approximate surface area is 146 Å². The number of hydrogen-bond donors (Lipinski definition) is 3. The summed E-state index contributed by atoms with van der Waals surface area (Å²) in [6, 6.07) is 5.79. The van der Waals surface area contributed by atoms with E-state index in [2.05, 4.69) is 10.6 Å². The summed E-state index contributed by atoms with van der Waals surface area (Å²) >= 11 is 0. The largest absolute Gasteiger partial charge is 0.492 e. The van der Waals surface area contributed by atoms with Crippen LogP contribution in [-0.2, 0) is 4.79 Å². The molecule has 2 rings (SSSR count). The number of carboxylic acids is 1. The summed E-state index contributed by atoms with van der Waals surface area (Å²) < 4.78 is 18.3. The van der Waals surface area contributed by atoms with Crippen molar-refractivity contribution >= 4 is 12.0 Å². The van der Waals surface area contributed by atoms with Gasteiger partial charge in [-0.05, 0) is 31.5 Å². The van der Waals surface area contributed by atoms with Gasteiger partial charge in [0.05, 0.1) is 13.1 Å². The van der Waals surface area contributed by atoms with E-state index >= 15 is 0 Å². The van der Waals surface area contributed by atoms with Crippen molar-refractivity contribution in [1.82, 2.24) is 15.5 Å². The Balaban J connectivity index is 1.58. The molecule has 0 aromatic heterocycles. The van der Waals surface area contributed by atoms with Crippen LogP contribution >= 0.6 is 0 Å². The summed E-state index contributed by atoms with van der Waals surface area (Å²) in [6.07, 6.45) is 1.49. The predicted octanol–water partition coefficient (Wildman–Crippen LogP) is 1.44. The molecule has 7 nitrogen and oxygen atoms in total. The molecule has 0 aliphatic heterocycles. The van der Waals surface area contributed by atoms with Gasteiger partial charge in [0.25, 0.3) is 0 Å². The van der Waals surface area contributed by atoms with Crippen molar-refractivity contribution < 1.29 is 23.8 Å². The molecule has 2 amide bonds. The summed E-state index contributed by atoms with van der Waals surface area (Å²) in [5.41, 5.74) is 0. The van der Waals surface area contributed by atoms with Crippen LogP contribution in [0.4, 0.5) is 9.18 Å². The maximum atomic E-state index is 13.0. The van der Waals surface area contributed by atoms with Gasteiger partial charge in [-0.15, -0.1) is 0 Å². The fourth-order valence-corrected chi connectivity index (χ4v) is 2.80. The molecular weight excluding hydrogens is 329 g/mol. The van der Waals surface area contributed by atoms with Crippen LogP contribution in [-0.4, -0.2) is 60.3 Å². The molecule has 0 heterocycles. The lowest BCUT2D eigenvalue weighted by Gasteiger charge is -2.42. The van der Waals surface area contributed by atoms with Crippen LogP contribution in [0.1, 0.15) is 19.8 Å². The van der Waals surface area contributed by atoms with Crippen LogP contribution in [0, 0.1) is 5.82 Å². The standard InChI is InChI=1S/C17H24FN3O4/c1-2-21(11-16(22)23)14-9-13(10-14)20-17(24)19-6-7-25-15-5-3-4-12(18)8-15/h3-5,8,13-14H,2,6-7,9-11H2,1H3,(H,22,23)(H2,19,20,24). The highest BCUT2D eigenvalue weighted by Gasteiger charge is 2.34. The number of urea groups is 1. The Morgan fingerprint density at radius 1 is 1.40 bits per heavy atom. The third-order valence-electron chi connectivity index (χ3n) is 4.16. The zero-order valence-corrected chi connectivity index (χ0v) is 14.2. The van der Waals surface area contributed by atoms with Gasteiger partial charge in [0.1, 0.15) is 18.2 Å². The van der Waals surface area contributed by atoms with Crippen LogP contribution in [0.2, 0.25) is 0 Å². The average Bonchev–Trinajstić information content (AvgIpc) is 2.52. The quantitative estimate of drug-likeness (QED) is 0.585. The molecule has 138 valence electrons. The monoisotopic (exact) mass is 353 g/mol. The fraction of sp³-hybridized carbons (Fsp3) is 0.529. The topological polar surface area (TPSA) is 90.9 Å². The minimum absolute atomic E-state index is 0.0253. The molecule has 8 heteroatoms. The zero-order valence-electron chi connectivity index (χ0n) is 14.2. The van der Waals surface area contributed by atoms with Crippen LogP contribution in [0.15, 0.2) is 24.3 Å². The van der Waals surface area contributed by atoms with Gasteiger partial charge in [0.15, 0.2) is 0 Å². The molecule has 1 saturated carbocycles. The SMILES string of the molecule is CCN(CC(=O)O)C1CC(NC(=O)NCCOc2cccc(F)c2)C1. The number of hydrogen-bond acceptors (Lipinski definition) is 4. The van der Waals surface area contributed by atoms with Crippen LogP contribution in [0.5, 0.6) is 5.75 Å². The van der Waals surface area contributed by atoms with E-state index in [9.17, 15) is 14.0 Å². The van der Waals surface area contributed by atoms with Gasteiger partial charge in [-0.25, -0.2) is 9.18 Å². The summed E-state index contributed by atoms with van der Waals surface area (Å²) in [7, 11) is 0. The average molecular weight is 353 g/mol. The van der Waals surface area contributed by atoms with Crippen LogP contribution < -0.4 is 15.4 Å². The third kappa shape index (κ3) is 6.22. The Bertz CT molecular complexity index is 593. The minimum atomic E-state index is -0.839. The number of ether oxygens (including phenoxy) is 1. The highest BCUT2D eigenvalue weighted by Crippen LogP contribution is 2.25. The Morgan fingerprint density at radius 3 is 2.80 bits per heavy atom. The van der Waals surface area contributed by atoms with Crippen molar-refractivity contribution in [2.75, 3.05) is 26.2 Å². The van der Waals surface area contributed by atoms with Gasteiger partial charge in [-0.1, -0.05) is 13.0 Å². The van der Waals surface area contributed by atoms with E-state index in [0.29, 0.717) is 18.8 Å². The molecule has 1 aliphatic rings. The van der Waals surface area contributed by atoms with Crippen molar-refractivity contribution in [3.63, 3.8) is 0 Å². The van der Waals surface area contributed by atoms with E-state index in [1.54, 1.807) is 12.1 Å². The number of nitrogens with one attached hydrogen (secondary N) is 2. The van der Waals surface area contributed by atoms with Crippen molar-refractivity contribution in [3.8, 4) is 5.75 Å². The van der Waals surface area contributed by atoms with Gasteiger partial charge >= 0.3 is 12.0 Å². The molecule has 1 fully saturated rings. The van der Waals surface area contributed by atoms with Crippen molar-refractivity contribution in [2.45, 2.75) is 31.8 Å². The summed E-state index contributed by atoms with van der Waals surface area (Å²) in [4.78, 5) is 24.5. The molecule has 0 bridgehead atoms. The van der Waals surface area contributed by atoms with Gasteiger partial charge in [0, 0.05) is 18.2 Å². The second-order valence-electron chi connectivity index (χ2n) is 5.99. The van der Waals surface area contributed by atoms with E-state index in [0.717, 1.165) is 12.8 Å². The summed E-state index contributed by atoms with van der Waals surface area (Å²) in [5.74, 6) is -0.789. The summed E-state index contributed by atoms with van der Waals surface area (Å²) in [6.45, 7) is 3.17. The molecule has 0 unspecified atom stereocenters. The van der Waals surface area contributed by atoms with Crippen LogP contribution in [0.3, 0.4) is 0 Å². The normalized spacial score (nSPS) is 19.2. The van der Waals surface area contributed by atoms with Crippen LogP contribution in [0.25, 0.3) is 0 Å². The van der Waals surface area contributed by atoms with E-state index in [1.807, 2.05) is 11.8 Å². The molecule has 0 saturated heterocycles. The molecule has 1 aliphatic carbocycles. The molecule has 25 heavy (non-hydrogen) atoms. The first kappa shape index (κ1) is 19.0. The molecule has 3 N–H and O–H groups in total. The van der Waals surface area contributed by atoms with Crippen molar-refractivity contribution in [3.05, 3.63) is 30.1 Å². The number of benzene rings is 1. The highest BCUT2D eigenvalue weighted by atomic mass is 19.1. The van der Waals surface area contributed by atoms with E-state index in [-0.39, 0.29) is 37.1 Å². The van der Waals surface area contributed by atoms with E-state index in [4.69, 9.17) is 9.84 Å². The highest BCUT2D eigenvalue weighted by molar-refractivity contribution is 5.74. The number of aliphatic carboxylic acids is 1.